The van der Waals surface area contributed by atoms with E-state index in [2.05, 4.69) is 10.6 Å². The number of carbonyl (C=O) groups is 6. The molecule has 0 aromatic heterocycles. The fraction of sp³-hybridized carbons (Fsp3) is 0.622. The Morgan fingerprint density at radius 3 is 0.657 bits per heavy atom. The summed E-state index contributed by atoms with van der Waals surface area (Å²) in [5.74, 6) is -3.18. The number of amides is 6. The Balaban J connectivity index is 1.14. The predicted octanol–water partition coefficient (Wildman–Crippen LogP) is 3.24. The lowest BCUT2D eigenvalue weighted by atomic mass is 9.86. The van der Waals surface area contributed by atoms with Crippen molar-refractivity contribution in [2.24, 2.45) is 0 Å². The number of imide groups is 2. The second-order valence-corrected chi connectivity index (χ2v) is 23.1. The van der Waals surface area contributed by atoms with Gasteiger partial charge in [0.05, 0.1) is 198 Å². The minimum absolute atomic E-state index is 0.0342. The number of ether oxygens (including phenoxy) is 24. The van der Waals surface area contributed by atoms with E-state index in [1.165, 1.54) is 48.5 Å². The zero-order valence-electron chi connectivity index (χ0n) is 63.0. The first-order chi connectivity index (χ1) is 53.0. The Morgan fingerprint density at radius 2 is 0.454 bits per heavy atom. The van der Waals surface area contributed by atoms with Crippen molar-refractivity contribution in [2.75, 3.05) is 307 Å². The standard InChI is InChI=1S/C74H108N4O30/c1-85-15-21-91-27-33-97-39-45-103-61-51-55(52-62(104-46-40-98-34-28-92-22-16-86-2)67(61)107-49-43-101-37-31-95-25-19-89-5)69(79)75-11-13-77-71(81)57-7-9-59-66-60(10-8-58(65(57)66)72(77)82)74(84)78(73(59)83)14-12-76-70(80)56-53-63(105-47-41-99-35-29-93-23-17-87-3)68(108-50-44-102-38-32-96-26-20-90-6)64(54-56)106-48-42-100-36-30-94-24-18-88-4/h7-10,51-54H,11-50H2,1-6H3,(H,75,79)(H,76,80). The van der Waals surface area contributed by atoms with Crippen LogP contribution < -0.4 is 39.1 Å². The molecule has 2 aliphatic rings. The molecule has 0 radical (unpaired) electrons. The molecule has 0 aliphatic carbocycles. The minimum Gasteiger partial charge on any atom is -0.487 e. The maximum atomic E-state index is 14.4. The minimum atomic E-state index is -0.717. The van der Waals surface area contributed by atoms with Crippen molar-refractivity contribution in [1.29, 1.82) is 0 Å². The molecule has 34 nitrogen and oxygen atoms in total. The molecular weight excluding hydrogens is 1420 g/mol. The molecule has 0 unspecified atom stereocenters. The van der Waals surface area contributed by atoms with E-state index in [9.17, 15) is 28.8 Å². The van der Waals surface area contributed by atoms with E-state index < -0.39 is 35.4 Å². The molecule has 2 N–H and O–H groups in total. The average molecular weight is 1530 g/mol. The van der Waals surface area contributed by atoms with E-state index in [4.69, 9.17) is 114 Å². The topological polar surface area (TPSA) is 354 Å². The summed E-state index contributed by atoms with van der Waals surface area (Å²) >= 11 is 0. The van der Waals surface area contributed by atoms with Crippen LogP contribution in [0.4, 0.5) is 0 Å². The SMILES string of the molecule is COCCOCCOCCOc1cc(C(=O)NCCN2C(=O)c3ccc4c5c(ccc(c35)C2=O)C(=O)N(CCNC(=O)c2cc(OCCOCCOCCOC)c(OCCOCCOCCOC)c(OCCOCCOCCOC)c2)C4=O)cc(OCCOCCOCCOC)c1OCCOCCOCCOC. The van der Waals surface area contributed by atoms with Crippen LogP contribution in [-0.4, -0.2) is 352 Å². The lowest BCUT2D eigenvalue weighted by Gasteiger charge is -2.32. The van der Waals surface area contributed by atoms with Gasteiger partial charge in [-0.25, -0.2) is 0 Å². The summed E-state index contributed by atoms with van der Waals surface area (Å²) in [7, 11) is 9.51. The van der Waals surface area contributed by atoms with E-state index in [0.29, 0.717) is 132 Å². The van der Waals surface area contributed by atoms with Gasteiger partial charge in [0, 0.05) is 113 Å². The van der Waals surface area contributed by atoms with E-state index >= 15 is 0 Å². The Morgan fingerprint density at radius 1 is 0.269 bits per heavy atom. The highest BCUT2D eigenvalue weighted by Gasteiger charge is 2.40. The van der Waals surface area contributed by atoms with Crippen molar-refractivity contribution < 1.29 is 142 Å². The van der Waals surface area contributed by atoms with Crippen molar-refractivity contribution in [3.63, 3.8) is 0 Å². The van der Waals surface area contributed by atoms with E-state index in [0.717, 1.165) is 9.80 Å². The van der Waals surface area contributed by atoms with Crippen LogP contribution in [0, 0.1) is 0 Å². The lowest BCUT2D eigenvalue weighted by Crippen LogP contribution is -2.46. The summed E-state index contributed by atoms with van der Waals surface area (Å²) in [4.78, 5) is 88.2. The van der Waals surface area contributed by atoms with Gasteiger partial charge in [0.2, 0.25) is 11.5 Å². The zero-order valence-corrected chi connectivity index (χ0v) is 63.0. The maximum Gasteiger partial charge on any atom is 0.261 e. The third-order valence-electron chi connectivity index (χ3n) is 15.6. The predicted molar refractivity (Wildman–Crippen MR) is 386 cm³/mol. The first-order valence-corrected chi connectivity index (χ1v) is 35.9. The number of nitrogens with zero attached hydrogens (tertiary/aromatic N) is 2. The third kappa shape index (κ3) is 31.4. The largest absolute Gasteiger partial charge is 0.487 e. The molecule has 6 rings (SSSR count). The average Bonchev–Trinajstić information content (AvgIpc) is 0.714. The quantitative estimate of drug-likeness (QED) is 0.0473. The second-order valence-electron chi connectivity index (χ2n) is 23.1. The fourth-order valence-corrected chi connectivity index (χ4v) is 10.3. The van der Waals surface area contributed by atoms with Crippen molar-refractivity contribution >= 4 is 46.2 Å². The first kappa shape index (κ1) is 89.3. The molecule has 0 saturated carbocycles. The monoisotopic (exact) mass is 1530 g/mol. The van der Waals surface area contributed by atoms with Gasteiger partial charge >= 0.3 is 0 Å². The summed E-state index contributed by atoms with van der Waals surface area (Å²) in [6.07, 6.45) is 0. The molecule has 0 fully saturated rings. The van der Waals surface area contributed by atoms with E-state index in [1.54, 1.807) is 42.7 Å². The van der Waals surface area contributed by atoms with Crippen LogP contribution in [0.15, 0.2) is 48.5 Å². The number of rotatable bonds is 68. The molecule has 604 valence electrons. The van der Waals surface area contributed by atoms with Crippen LogP contribution in [0.2, 0.25) is 0 Å². The van der Waals surface area contributed by atoms with Crippen molar-refractivity contribution in [1.82, 2.24) is 20.4 Å². The maximum absolute atomic E-state index is 14.4. The first-order valence-electron chi connectivity index (χ1n) is 35.9. The van der Waals surface area contributed by atoms with Crippen LogP contribution in [-0.2, 0) is 85.3 Å². The van der Waals surface area contributed by atoms with Crippen LogP contribution in [0.5, 0.6) is 34.5 Å². The van der Waals surface area contributed by atoms with E-state index in [-0.39, 0.29) is 211 Å². The number of hydrogen-bond donors (Lipinski definition) is 2. The summed E-state index contributed by atoms with van der Waals surface area (Å²) in [6.45, 7) is 9.05. The van der Waals surface area contributed by atoms with Crippen molar-refractivity contribution in [3.8, 4) is 34.5 Å². The fourth-order valence-electron chi connectivity index (χ4n) is 10.3. The van der Waals surface area contributed by atoms with E-state index in [1.807, 2.05) is 0 Å². The smallest absolute Gasteiger partial charge is 0.261 e. The number of nitrogens with one attached hydrogen (secondary N) is 2. The number of methoxy groups -OCH3 is 6. The van der Waals surface area contributed by atoms with Gasteiger partial charge in [0.25, 0.3) is 35.4 Å². The molecule has 2 heterocycles. The Hall–Kier alpha value is -7.56. The molecular formula is C74H108N4O30. The highest BCUT2D eigenvalue weighted by atomic mass is 16.6. The summed E-state index contributed by atoms with van der Waals surface area (Å²) in [5, 5.41) is 5.89. The van der Waals surface area contributed by atoms with Crippen LogP contribution in [0.1, 0.15) is 62.1 Å². The van der Waals surface area contributed by atoms with Crippen LogP contribution in [0.3, 0.4) is 0 Å². The van der Waals surface area contributed by atoms with Gasteiger partial charge in [-0.2, -0.15) is 0 Å². The summed E-state index contributed by atoms with van der Waals surface area (Å²) < 4.78 is 135. The number of carbonyl (C=O) groups excluding carboxylic acids is 6. The Bertz CT molecular complexity index is 2910. The molecule has 2 aliphatic heterocycles. The number of benzene rings is 4. The zero-order chi connectivity index (χ0) is 77.0. The molecule has 0 bridgehead atoms. The highest BCUT2D eigenvalue weighted by Crippen LogP contribution is 2.42. The highest BCUT2D eigenvalue weighted by molar-refractivity contribution is 6.33. The molecule has 0 spiro atoms. The second kappa shape index (κ2) is 54.9. The van der Waals surface area contributed by atoms with Crippen molar-refractivity contribution in [2.45, 2.75) is 0 Å². The van der Waals surface area contributed by atoms with Gasteiger partial charge in [0.1, 0.15) is 39.6 Å². The summed E-state index contributed by atoms with van der Waals surface area (Å²) in [6, 6.07) is 11.6. The van der Waals surface area contributed by atoms with Gasteiger partial charge in [-0.05, 0) is 48.5 Å². The Kier molecular flexibility index (Phi) is 45.4. The van der Waals surface area contributed by atoms with Gasteiger partial charge in [-0.1, -0.05) is 0 Å². The van der Waals surface area contributed by atoms with Crippen LogP contribution >= 0.6 is 0 Å². The van der Waals surface area contributed by atoms with Gasteiger partial charge < -0.3 is 124 Å². The van der Waals surface area contributed by atoms with Crippen molar-refractivity contribution in [3.05, 3.63) is 81.9 Å². The molecule has 4 aromatic rings. The molecule has 6 amide bonds. The van der Waals surface area contributed by atoms with Gasteiger partial charge in [-0.15, -0.1) is 0 Å². The molecule has 34 heteroatoms. The van der Waals surface area contributed by atoms with Crippen LogP contribution in [0.25, 0.3) is 10.8 Å². The molecule has 0 atom stereocenters. The van der Waals surface area contributed by atoms with Gasteiger partial charge in [0.15, 0.2) is 23.0 Å². The molecule has 4 aromatic carbocycles. The Labute approximate surface area is 630 Å². The normalized spacial score (nSPS) is 12.6. The lowest BCUT2D eigenvalue weighted by molar-refractivity contribution is 0.0146. The summed E-state index contributed by atoms with van der Waals surface area (Å²) in [5.41, 5.74) is 0.407. The molecule has 108 heavy (non-hydrogen) atoms. The third-order valence-corrected chi connectivity index (χ3v) is 15.6. The number of hydrogen-bond acceptors (Lipinski definition) is 30. The van der Waals surface area contributed by atoms with Gasteiger partial charge in [-0.3, -0.25) is 38.6 Å². The molecule has 0 saturated heterocycles.